The molecule has 1 aromatic heterocycles. The van der Waals surface area contributed by atoms with Crippen molar-refractivity contribution in [2.24, 2.45) is 0 Å². The first kappa shape index (κ1) is 11.0. The molecule has 2 aromatic rings. The third-order valence-electron chi connectivity index (χ3n) is 2.49. The van der Waals surface area contributed by atoms with Crippen LogP contribution in [0.1, 0.15) is 23.5 Å². The van der Waals surface area contributed by atoms with Gasteiger partial charge in [-0.3, -0.25) is 0 Å². The van der Waals surface area contributed by atoms with Gasteiger partial charge in [0.25, 0.3) is 0 Å². The molecule has 3 nitrogen and oxygen atoms in total. The molecule has 0 spiro atoms. The highest BCUT2D eigenvalue weighted by Crippen LogP contribution is 2.27. The van der Waals surface area contributed by atoms with Crippen molar-refractivity contribution in [3.63, 3.8) is 0 Å². The van der Waals surface area contributed by atoms with E-state index >= 15 is 0 Å². The van der Waals surface area contributed by atoms with E-state index < -0.39 is 0 Å². The molecule has 0 radical (unpaired) electrons. The Bertz CT molecular complexity index is 445. The number of thiazole rings is 1. The van der Waals surface area contributed by atoms with Crippen molar-refractivity contribution in [2.75, 3.05) is 11.1 Å². The quantitative estimate of drug-likeness (QED) is 0.800. The van der Waals surface area contributed by atoms with Crippen molar-refractivity contribution in [3.8, 4) is 0 Å². The highest BCUT2D eigenvalue weighted by Gasteiger charge is 2.10. The maximum Gasteiger partial charge on any atom is 0.115 e. The predicted molar refractivity (Wildman–Crippen MR) is 69.7 cm³/mol. The fraction of sp³-hybridized carbons (Fsp3) is 0.250. The van der Waals surface area contributed by atoms with Crippen molar-refractivity contribution in [2.45, 2.75) is 19.9 Å². The van der Waals surface area contributed by atoms with Gasteiger partial charge in [-0.2, -0.15) is 0 Å². The third-order valence-corrected chi connectivity index (χ3v) is 3.45. The Morgan fingerprint density at radius 1 is 1.44 bits per heavy atom. The number of para-hydroxylation sites is 1. The lowest BCUT2D eigenvalue weighted by Gasteiger charge is -2.16. The Kier molecular flexibility index (Phi) is 3.10. The average molecular weight is 233 g/mol. The number of nitrogens with one attached hydrogen (secondary N) is 1. The second-order valence-electron chi connectivity index (χ2n) is 3.78. The Hall–Kier alpha value is -1.55. The van der Waals surface area contributed by atoms with E-state index in [1.807, 2.05) is 36.7 Å². The third kappa shape index (κ3) is 2.17. The van der Waals surface area contributed by atoms with Crippen LogP contribution in [0.15, 0.2) is 29.8 Å². The van der Waals surface area contributed by atoms with Crippen molar-refractivity contribution >= 4 is 22.7 Å². The normalized spacial score (nSPS) is 12.4. The monoisotopic (exact) mass is 233 g/mol. The molecule has 84 valence electrons. The lowest BCUT2D eigenvalue weighted by Crippen LogP contribution is -2.09. The number of benzene rings is 1. The average Bonchev–Trinajstić information content (AvgIpc) is 2.76. The maximum absolute atomic E-state index is 5.94. The van der Waals surface area contributed by atoms with Gasteiger partial charge < -0.3 is 11.1 Å². The molecule has 0 aliphatic heterocycles. The van der Waals surface area contributed by atoms with Crippen molar-refractivity contribution < 1.29 is 0 Å². The van der Waals surface area contributed by atoms with Crippen LogP contribution in [-0.4, -0.2) is 4.98 Å². The van der Waals surface area contributed by atoms with Crippen LogP contribution >= 0.6 is 11.3 Å². The first-order valence-electron chi connectivity index (χ1n) is 5.19. The molecule has 0 amide bonds. The molecule has 1 heterocycles. The molecule has 0 saturated heterocycles. The fourth-order valence-corrected chi connectivity index (χ4v) is 2.26. The SMILES string of the molecule is Cc1cccc(N)c1NC(C)c1nccs1. The van der Waals surface area contributed by atoms with E-state index in [0.717, 1.165) is 21.9 Å². The minimum absolute atomic E-state index is 0.184. The zero-order valence-electron chi connectivity index (χ0n) is 9.40. The summed E-state index contributed by atoms with van der Waals surface area (Å²) in [6.45, 7) is 4.14. The molecular weight excluding hydrogens is 218 g/mol. The first-order valence-corrected chi connectivity index (χ1v) is 6.07. The van der Waals surface area contributed by atoms with E-state index in [1.165, 1.54) is 0 Å². The van der Waals surface area contributed by atoms with Gasteiger partial charge in [0.15, 0.2) is 0 Å². The molecule has 2 rings (SSSR count). The van der Waals surface area contributed by atoms with E-state index in [0.29, 0.717) is 0 Å². The summed E-state index contributed by atoms with van der Waals surface area (Å²) >= 11 is 1.65. The molecule has 0 bridgehead atoms. The topological polar surface area (TPSA) is 50.9 Å². The summed E-state index contributed by atoms with van der Waals surface area (Å²) in [4.78, 5) is 4.29. The lowest BCUT2D eigenvalue weighted by molar-refractivity contribution is 0.868. The number of hydrogen-bond acceptors (Lipinski definition) is 4. The molecule has 1 aromatic carbocycles. The van der Waals surface area contributed by atoms with E-state index in [4.69, 9.17) is 5.73 Å². The van der Waals surface area contributed by atoms with Crippen molar-refractivity contribution in [3.05, 3.63) is 40.3 Å². The van der Waals surface area contributed by atoms with Gasteiger partial charge in [0.2, 0.25) is 0 Å². The predicted octanol–water partition coefficient (Wildman–Crippen LogP) is 3.21. The second-order valence-corrected chi connectivity index (χ2v) is 4.70. The number of hydrogen-bond donors (Lipinski definition) is 2. The van der Waals surface area contributed by atoms with Gasteiger partial charge in [-0.15, -0.1) is 11.3 Å². The standard InChI is InChI=1S/C12H15N3S/c1-8-4-3-5-10(13)11(8)15-9(2)12-14-6-7-16-12/h3-7,9,15H,13H2,1-2H3. The maximum atomic E-state index is 5.94. The van der Waals surface area contributed by atoms with Crippen molar-refractivity contribution in [1.82, 2.24) is 4.98 Å². The summed E-state index contributed by atoms with van der Waals surface area (Å²) in [5, 5.41) is 6.46. The number of rotatable bonds is 3. The van der Waals surface area contributed by atoms with Gasteiger partial charge in [0.1, 0.15) is 5.01 Å². The minimum atomic E-state index is 0.184. The number of nitrogen functional groups attached to an aromatic ring is 1. The first-order chi connectivity index (χ1) is 7.68. The molecule has 1 unspecified atom stereocenters. The molecule has 3 N–H and O–H groups in total. The Morgan fingerprint density at radius 3 is 2.88 bits per heavy atom. The molecule has 16 heavy (non-hydrogen) atoms. The molecule has 0 saturated carbocycles. The largest absolute Gasteiger partial charge is 0.397 e. The summed E-state index contributed by atoms with van der Waals surface area (Å²) in [5.41, 5.74) is 8.89. The van der Waals surface area contributed by atoms with Crippen LogP contribution in [0.4, 0.5) is 11.4 Å². The highest BCUT2D eigenvalue weighted by molar-refractivity contribution is 7.09. The van der Waals surface area contributed by atoms with E-state index in [-0.39, 0.29) is 6.04 Å². The molecule has 0 aliphatic rings. The van der Waals surface area contributed by atoms with Crippen LogP contribution in [0.2, 0.25) is 0 Å². The van der Waals surface area contributed by atoms with E-state index in [1.54, 1.807) is 11.3 Å². The zero-order valence-corrected chi connectivity index (χ0v) is 10.2. The van der Waals surface area contributed by atoms with Crippen LogP contribution in [0.3, 0.4) is 0 Å². The number of aromatic nitrogens is 1. The fourth-order valence-electron chi connectivity index (χ4n) is 1.61. The molecule has 1 atom stereocenters. The van der Waals surface area contributed by atoms with Crippen LogP contribution in [0, 0.1) is 6.92 Å². The van der Waals surface area contributed by atoms with Crippen LogP contribution in [-0.2, 0) is 0 Å². The summed E-state index contributed by atoms with van der Waals surface area (Å²) in [6.07, 6.45) is 1.82. The summed E-state index contributed by atoms with van der Waals surface area (Å²) in [5.74, 6) is 0. The highest BCUT2D eigenvalue weighted by atomic mass is 32.1. The Morgan fingerprint density at radius 2 is 2.25 bits per heavy atom. The van der Waals surface area contributed by atoms with Crippen LogP contribution in [0.25, 0.3) is 0 Å². The molecule has 0 fully saturated rings. The molecule has 4 heteroatoms. The minimum Gasteiger partial charge on any atom is -0.397 e. The van der Waals surface area contributed by atoms with E-state index in [9.17, 15) is 0 Å². The summed E-state index contributed by atoms with van der Waals surface area (Å²) < 4.78 is 0. The number of nitrogens with zero attached hydrogens (tertiary/aromatic N) is 1. The van der Waals surface area contributed by atoms with Gasteiger partial charge in [-0.1, -0.05) is 12.1 Å². The molecular formula is C12H15N3S. The summed E-state index contributed by atoms with van der Waals surface area (Å²) in [7, 11) is 0. The van der Waals surface area contributed by atoms with Gasteiger partial charge >= 0.3 is 0 Å². The second kappa shape index (κ2) is 4.53. The Labute approximate surface area is 99.3 Å². The smallest absolute Gasteiger partial charge is 0.115 e. The number of anilines is 2. The van der Waals surface area contributed by atoms with Crippen LogP contribution < -0.4 is 11.1 Å². The Balaban J connectivity index is 2.21. The van der Waals surface area contributed by atoms with Gasteiger partial charge in [0, 0.05) is 11.6 Å². The van der Waals surface area contributed by atoms with Gasteiger partial charge in [-0.25, -0.2) is 4.98 Å². The van der Waals surface area contributed by atoms with E-state index in [2.05, 4.69) is 17.2 Å². The number of aryl methyl sites for hydroxylation is 1. The number of nitrogens with two attached hydrogens (primary N) is 1. The van der Waals surface area contributed by atoms with Crippen LogP contribution in [0.5, 0.6) is 0 Å². The van der Waals surface area contributed by atoms with Gasteiger partial charge in [0.05, 0.1) is 17.4 Å². The zero-order chi connectivity index (χ0) is 11.5. The van der Waals surface area contributed by atoms with Crippen molar-refractivity contribution in [1.29, 1.82) is 0 Å². The summed E-state index contributed by atoms with van der Waals surface area (Å²) in [6, 6.07) is 6.10. The lowest BCUT2D eigenvalue weighted by atomic mass is 10.1. The molecule has 0 aliphatic carbocycles. The van der Waals surface area contributed by atoms with Gasteiger partial charge in [-0.05, 0) is 25.5 Å².